The number of unbranched alkanes of at least 4 members (excludes halogenated alkanes) is 28. The molecule has 0 saturated heterocycles. The van der Waals surface area contributed by atoms with Crippen LogP contribution in [0.25, 0.3) is 0 Å². The molecule has 62 heavy (non-hydrogen) atoms. The van der Waals surface area contributed by atoms with E-state index in [9.17, 15) is 19.2 Å². The minimum Gasteiger partial charge on any atom is -0.345 e. The van der Waals surface area contributed by atoms with Gasteiger partial charge in [-0.2, -0.15) is 0 Å². The smallest absolute Gasteiger partial charge is 0.237 e. The first-order chi connectivity index (χ1) is 29.9. The number of Topliss-reactive ketones (excluding diaryl/α,β-unsaturated/α-hetero) is 2. The van der Waals surface area contributed by atoms with Crippen molar-refractivity contribution < 1.29 is 19.2 Å². The first-order valence-electron chi connectivity index (χ1n) is 26.2. The number of amides is 2. The van der Waals surface area contributed by atoms with Gasteiger partial charge in [0.1, 0.15) is 0 Å². The zero-order valence-electron chi connectivity index (χ0n) is 41.2. The van der Waals surface area contributed by atoms with E-state index in [1.807, 2.05) is 27.7 Å². The third kappa shape index (κ3) is 27.6. The summed E-state index contributed by atoms with van der Waals surface area (Å²) in [6, 6.07) is 3.92. The maximum atomic E-state index is 13.9. The molecular weight excluding hydrogens is 769 g/mol. The monoisotopic (exact) mass is 867 g/mol. The first kappa shape index (κ1) is 57.4. The SMILES string of the molecule is CCCCCCCCCCCCCCCCCC(NC(=O)[C@@H](N)C(C)C)C(=O)c1ccc(C(=O)C(CCCCCCCCCCCCCCCCC)NC(=O)[C@@H](N)C(C)C)cc1. The van der Waals surface area contributed by atoms with Gasteiger partial charge in [-0.05, 0) is 24.7 Å². The number of hydrogen-bond acceptors (Lipinski definition) is 6. The first-order valence-corrected chi connectivity index (χ1v) is 26.2. The quantitative estimate of drug-likeness (QED) is 0.0380. The average Bonchev–Trinajstić information content (AvgIpc) is 3.26. The Labute approximate surface area is 381 Å². The van der Waals surface area contributed by atoms with Crippen molar-refractivity contribution in [3.63, 3.8) is 0 Å². The predicted octanol–water partition coefficient (Wildman–Crippen LogP) is 13.5. The highest BCUT2D eigenvalue weighted by Gasteiger charge is 2.28. The van der Waals surface area contributed by atoms with Gasteiger partial charge in [0.15, 0.2) is 11.6 Å². The zero-order chi connectivity index (χ0) is 45.8. The van der Waals surface area contributed by atoms with Gasteiger partial charge in [0.2, 0.25) is 11.8 Å². The third-order valence-electron chi connectivity index (χ3n) is 13.0. The third-order valence-corrected chi connectivity index (χ3v) is 13.0. The molecule has 1 aromatic carbocycles. The van der Waals surface area contributed by atoms with Gasteiger partial charge in [0.05, 0.1) is 24.2 Å². The Morgan fingerprint density at radius 3 is 0.806 bits per heavy atom. The summed E-state index contributed by atoms with van der Waals surface area (Å²) < 4.78 is 0. The Balaban J connectivity index is 2.71. The molecule has 1 aromatic rings. The van der Waals surface area contributed by atoms with Crippen molar-refractivity contribution in [3.05, 3.63) is 35.4 Å². The Hall–Kier alpha value is -2.58. The molecule has 0 radical (unpaired) electrons. The Kier molecular flexibility index (Phi) is 35.0. The van der Waals surface area contributed by atoms with Gasteiger partial charge in [-0.3, -0.25) is 19.2 Å². The van der Waals surface area contributed by atoms with Gasteiger partial charge in [-0.25, -0.2) is 0 Å². The van der Waals surface area contributed by atoms with Crippen LogP contribution in [0.1, 0.15) is 268 Å². The molecule has 8 nitrogen and oxygen atoms in total. The van der Waals surface area contributed by atoms with Crippen LogP contribution in [-0.2, 0) is 9.59 Å². The molecule has 1 rings (SSSR count). The number of ketones is 2. The van der Waals surface area contributed by atoms with E-state index in [2.05, 4.69) is 24.5 Å². The molecule has 358 valence electrons. The molecule has 0 spiro atoms. The molecule has 0 heterocycles. The number of nitrogens with one attached hydrogen (secondary N) is 2. The molecule has 0 aliphatic carbocycles. The van der Waals surface area contributed by atoms with Crippen molar-refractivity contribution in [1.29, 1.82) is 0 Å². The van der Waals surface area contributed by atoms with Gasteiger partial charge in [-0.1, -0.05) is 258 Å². The minimum atomic E-state index is -0.702. The summed E-state index contributed by atoms with van der Waals surface area (Å²) in [5, 5.41) is 5.93. The molecule has 0 bridgehead atoms. The van der Waals surface area contributed by atoms with Gasteiger partial charge in [-0.15, -0.1) is 0 Å². The molecule has 4 atom stereocenters. The summed E-state index contributed by atoms with van der Waals surface area (Å²) in [5.41, 5.74) is 13.3. The zero-order valence-corrected chi connectivity index (χ0v) is 41.2. The number of nitrogens with two attached hydrogens (primary N) is 2. The fourth-order valence-electron chi connectivity index (χ4n) is 8.32. The molecule has 0 aromatic heterocycles. The predicted molar refractivity (Wildman–Crippen MR) is 264 cm³/mol. The van der Waals surface area contributed by atoms with E-state index in [0.717, 1.165) is 38.5 Å². The van der Waals surface area contributed by atoms with Crippen LogP contribution in [0.5, 0.6) is 0 Å². The second-order valence-corrected chi connectivity index (χ2v) is 19.4. The highest BCUT2D eigenvalue weighted by Crippen LogP contribution is 2.19. The van der Waals surface area contributed by atoms with Crippen molar-refractivity contribution in [2.75, 3.05) is 0 Å². The molecule has 0 aliphatic heterocycles. The fraction of sp³-hybridized carbons (Fsp3) is 0.815. The summed E-state index contributed by atoms with van der Waals surface area (Å²) in [5.74, 6) is -1.10. The number of rotatable bonds is 42. The van der Waals surface area contributed by atoms with E-state index in [1.54, 1.807) is 24.3 Å². The fourth-order valence-corrected chi connectivity index (χ4v) is 8.32. The lowest BCUT2D eigenvalue weighted by Gasteiger charge is -2.23. The van der Waals surface area contributed by atoms with Crippen LogP contribution >= 0.6 is 0 Å². The second-order valence-electron chi connectivity index (χ2n) is 19.4. The van der Waals surface area contributed by atoms with Crippen LogP contribution in [0.15, 0.2) is 24.3 Å². The topological polar surface area (TPSA) is 144 Å². The lowest BCUT2D eigenvalue weighted by molar-refractivity contribution is -0.124. The van der Waals surface area contributed by atoms with Crippen LogP contribution in [0.3, 0.4) is 0 Å². The van der Waals surface area contributed by atoms with Crippen molar-refractivity contribution in [2.45, 2.75) is 271 Å². The number of carbonyl (C=O) groups excluding carboxylic acids is 4. The average molecular weight is 867 g/mol. The van der Waals surface area contributed by atoms with Crippen LogP contribution in [0, 0.1) is 11.8 Å². The van der Waals surface area contributed by atoms with Crippen molar-refractivity contribution in [3.8, 4) is 0 Å². The summed E-state index contributed by atoms with van der Waals surface area (Å²) in [7, 11) is 0. The van der Waals surface area contributed by atoms with Crippen molar-refractivity contribution >= 4 is 23.4 Å². The Morgan fingerprint density at radius 2 is 0.597 bits per heavy atom. The number of benzene rings is 1. The molecule has 8 heteroatoms. The minimum absolute atomic E-state index is 0.0558. The van der Waals surface area contributed by atoms with Gasteiger partial charge in [0.25, 0.3) is 0 Å². The summed E-state index contributed by atoms with van der Waals surface area (Å²) >= 11 is 0. The van der Waals surface area contributed by atoms with E-state index in [1.165, 1.54) is 154 Å². The summed E-state index contributed by atoms with van der Waals surface area (Å²) in [6.07, 6.45) is 38.9. The molecule has 2 amide bonds. The van der Waals surface area contributed by atoms with E-state index in [4.69, 9.17) is 11.5 Å². The molecule has 6 N–H and O–H groups in total. The summed E-state index contributed by atoms with van der Waals surface area (Å²) in [4.78, 5) is 53.9. The van der Waals surface area contributed by atoms with Crippen molar-refractivity contribution in [1.82, 2.24) is 10.6 Å². The largest absolute Gasteiger partial charge is 0.345 e. The lowest BCUT2D eigenvalue weighted by Crippen LogP contribution is -2.50. The Bertz CT molecular complexity index is 1180. The number of carbonyl (C=O) groups is 4. The Morgan fingerprint density at radius 1 is 0.387 bits per heavy atom. The lowest BCUT2D eigenvalue weighted by atomic mass is 9.93. The maximum Gasteiger partial charge on any atom is 0.237 e. The van der Waals surface area contributed by atoms with E-state index >= 15 is 0 Å². The van der Waals surface area contributed by atoms with E-state index in [0.29, 0.717) is 24.0 Å². The van der Waals surface area contributed by atoms with Crippen LogP contribution in [0.2, 0.25) is 0 Å². The summed E-state index contributed by atoms with van der Waals surface area (Å²) in [6.45, 7) is 12.1. The van der Waals surface area contributed by atoms with Crippen LogP contribution in [-0.4, -0.2) is 47.5 Å². The molecule has 0 aliphatic rings. The highest BCUT2D eigenvalue weighted by molar-refractivity contribution is 6.05. The van der Waals surface area contributed by atoms with E-state index < -0.39 is 24.2 Å². The number of hydrogen-bond donors (Lipinski definition) is 4. The van der Waals surface area contributed by atoms with Gasteiger partial charge >= 0.3 is 0 Å². The molecule has 0 saturated carbocycles. The second kappa shape index (κ2) is 37.8. The van der Waals surface area contributed by atoms with Gasteiger partial charge < -0.3 is 22.1 Å². The normalized spacial score (nSPS) is 13.6. The van der Waals surface area contributed by atoms with Crippen LogP contribution < -0.4 is 22.1 Å². The molecule has 0 fully saturated rings. The van der Waals surface area contributed by atoms with E-state index in [-0.39, 0.29) is 35.2 Å². The van der Waals surface area contributed by atoms with Gasteiger partial charge in [0, 0.05) is 11.1 Å². The molecule has 2 unspecified atom stereocenters. The highest BCUT2D eigenvalue weighted by atomic mass is 16.2. The maximum absolute atomic E-state index is 13.9. The molecular formula is C54H98N4O4. The standard InChI is InChI=1S/C54H98N4O4/c1-7-9-11-13-15-17-19-21-23-25-27-29-31-33-35-37-47(57-53(61)49(55)43(3)4)51(59)45-39-41-46(42-40-45)52(60)48(58-54(62)50(56)44(5)6)38-36-34-32-30-28-26-24-22-20-18-16-14-12-10-8-2/h39-44,47-50H,7-38,55-56H2,1-6H3,(H,57,61)(H,58,62)/t47?,48?,49-,50-/m0/s1. The van der Waals surface area contributed by atoms with Crippen molar-refractivity contribution in [2.24, 2.45) is 23.3 Å². The van der Waals surface area contributed by atoms with Crippen LogP contribution in [0.4, 0.5) is 0 Å².